The first-order chi connectivity index (χ1) is 19.3. The molecule has 0 aliphatic heterocycles. The zero-order valence-corrected chi connectivity index (χ0v) is 20.9. The van der Waals surface area contributed by atoms with Crippen molar-refractivity contribution in [2.75, 3.05) is 0 Å². The van der Waals surface area contributed by atoms with Crippen LogP contribution in [0.25, 0.3) is 22.3 Å². The molecule has 194 valence electrons. The smallest absolute Gasteiger partial charge is 0.269 e. The van der Waals surface area contributed by atoms with Gasteiger partial charge in [-0.3, -0.25) is 29.8 Å². The molecule has 0 heterocycles. The van der Waals surface area contributed by atoms with Crippen molar-refractivity contribution in [1.82, 2.24) is 0 Å². The molecule has 5 aromatic rings. The number of carbonyl (C=O) groups excluding carboxylic acids is 2. The van der Waals surface area contributed by atoms with Gasteiger partial charge in [-0.05, 0) is 46.5 Å². The van der Waals surface area contributed by atoms with Crippen LogP contribution in [0.2, 0.25) is 0 Å². The highest BCUT2D eigenvalue weighted by molar-refractivity contribution is 6.10. The minimum atomic E-state index is -0.505. The summed E-state index contributed by atoms with van der Waals surface area (Å²) in [7, 11) is 0. The van der Waals surface area contributed by atoms with Gasteiger partial charge in [0.05, 0.1) is 9.85 Å². The van der Waals surface area contributed by atoms with E-state index in [4.69, 9.17) is 0 Å². The maximum atomic E-state index is 12.7. The third kappa shape index (κ3) is 5.41. The number of carbonyl (C=O) groups is 2. The van der Waals surface area contributed by atoms with Crippen LogP contribution in [0.1, 0.15) is 31.8 Å². The van der Waals surface area contributed by atoms with Crippen molar-refractivity contribution in [1.29, 1.82) is 0 Å². The van der Waals surface area contributed by atoms with Crippen molar-refractivity contribution >= 4 is 22.9 Å². The predicted octanol–water partition coefficient (Wildman–Crippen LogP) is 7.30. The maximum Gasteiger partial charge on any atom is 0.269 e. The molecular weight excluding hydrogens is 508 g/mol. The number of ketones is 2. The van der Waals surface area contributed by atoms with Gasteiger partial charge >= 0.3 is 0 Å². The molecular formula is C32H20N2O6. The third-order valence-electron chi connectivity index (χ3n) is 6.53. The molecule has 0 saturated heterocycles. The van der Waals surface area contributed by atoms with E-state index in [2.05, 4.69) is 0 Å². The molecule has 8 nitrogen and oxygen atoms in total. The van der Waals surface area contributed by atoms with E-state index in [1.807, 2.05) is 48.5 Å². The Kier molecular flexibility index (Phi) is 7.07. The summed E-state index contributed by atoms with van der Waals surface area (Å²) in [5.41, 5.74) is 5.36. The number of nitro groups is 2. The van der Waals surface area contributed by atoms with E-state index in [-0.39, 0.29) is 22.9 Å². The molecule has 0 saturated carbocycles. The molecule has 0 bridgehead atoms. The predicted molar refractivity (Wildman–Crippen MR) is 150 cm³/mol. The van der Waals surface area contributed by atoms with E-state index in [1.54, 1.807) is 24.3 Å². The van der Waals surface area contributed by atoms with Gasteiger partial charge in [0.1, 0.15) is 0 Å². The second kappa shape index (κ2) is 10.9. The number of non-ortho nitro benzene ring substituents is 2. The van der Waals surface area contributed by atoms with Crippen molar-refractivity contribution in [3.05, 3.63) is 164 Å². The van der Waals surface area contributed by atoms with Crippen molar-refractivity contribution in [2.45, 2.75) is 0 Å². The van der Waals surface area contributed by atoms with E-state index in [1.165, 1.54) is 48.5 Å². The largest absolute Gasteiger partial charge is 0.289 e. The summed E-state index contributed by atoms with van der Waals surface area (Å²) >= 11 is 0. The number of nitro benzene ring substituents is 2. The summed E-state index contributed by atoms with van der Waals surface area (Å²) in [6.45, 7) is 0. The SMILES string of the molecule is O=C(c1ccc(-c2ccc(-c3ccc(C(=O)c4ccc([N+](=O)[O-])cc4)cc3)cc2)cc1)c1ccc([N+](=O)[O-])cc1. The highest BCUT2D eigenvalue weighted by atomic mass is 16.6. The number of benzene rings is 5. The van der Waals surface area contributed by atoms with Crippen LogP contribution < -0.4 is 0 Å². The van der Waals surface area contributed by atoms with Gasteiger partial charge in [-0.2, -0.15) is 0 Å². The van der Waals surface area contributed by atoms with Crippen LogP contribution in [-0.2, 0) is 0 Å². The standard InChI is InChI=1S/C32H20N2O6/c35-31(27-13-17-29(18-14-27)33(37)38)25-9-5-23(6-10-25)21-1-2-22(4-3-21)24-7-11-26(12-8-24)32(36)28-15-19-30(20-16-28)34(39)40/h1-20H. The molecule has 8 heteroatoms. The lowest BCUT2D eigenvalue weighted by atomic mass is 9.96. The Bertz CT molecular complexity index is 1590. The molecule has 0 unspecified atom stereocenters. The fourth-order valence-corrected chi connectivity index (χ4v) is 4.29. The van der Waals surface area contributed by atoms with Crippen molar-refractivity contribution in [2.24, 2.45) is 0 Å². The third-order valence-corrected chi connectivity index (χ3v) is 6.53. The summed E-state index contributed by atoms with van der Waals surface area (Å²) in [4.78, 5) is 46.1. The Morgan fingerprint density at radius 2 is 0.575 bits per heavy atom. The monoisotopic (exact) mass is 528 g/mol. The van der Waals surface area contributed by atoms with Crippen molar-refractivity contribution in [3.8, 4) is 22.3 Å². The van der Waals surface area contributed by atoms with Crippen LogP contribution in [0.15, 0.2) is 121 Å². The van der Waals surface area contributed by atoms with Crippen molar-refractivity contribution in [3.63, 3.8) is 0 Å². The van der Waals surface area contributed by atoms with Crippen LogP contribution >= 0.6 is 0 Å². The molecule has 0 radical (unpaired) electrons. The fourth-order valence-electron chi connectivity index (χ4n) is 4.29. The molecule has 5 rings (SSSR count). The molecule has 0 aliphatic rings. The van der Waals surface area contributed by atoms with Gasteiger partial charge in [0.25, 0.3) is 11.4 Å². The Balaban J connectivity index is 1.27. The van der Waals surface area contributed by atoms with Gasteiger partial charge in [-0.25, -0.2) is 0 Å². The van der Waals surface area contributed by atoms with Crippen LogP contribution in [0.4, 0.5) is 11.4 Å². The lowest BCUT2D eigenvalue weighted by Gasteiger charge is -2.08. The van der Waals surface area contributed by atoms with Crippen LogP contribution in [0, 0.1) is 20.2 Å². The number of nitrogens with zero attached hydrogens (tertiary/aromatic N) is 2. The van der Waals surface area contributed by atoms with Gasteiger partial charge in [0, 0.05) is 46.5 Å². The van der Waals surface area contributed by atoms with Gasteiger partial charge in [0.15, 0.2) is 11.6 Å². The first-order valence-electron chi connectivity index (χ1n) is 12.2. The Morgan fingerprint density at radius 3 is 0.800 bits per heavy atom. The van der Waals surface area contributed by atoms with Gasteiger partial charge in [-0.15, -0.1) is 0 Å². The second-order valence-electron chi connectivity index (χ2n) is 9.00. The van der Waals surface area contributed by atoms with E-state index in [0.717, 1.165) is 22.3 Å². The van der Waals surface area contributed by atoms with Crippen LogP contribution in [0.5, 0.6) is 0 Å². The van der Waals surface area contributed by atoms with Crippen LogP contribution in [0.3, 0.4) is 0 Å². The first-order valence-corrected chi connectivity index (χ1v) is 12.2. The van der Waals surface area contributed by atoms with Crippen molar-refractivity contribution < 1.29 is 19.4 Å². The first kappa shape index (κ1) is 25.9. The molecule has 0 fully saturated rings. The number of hydrogen-bond donors (Lipinski definition) is 0. The summed E-state index contributed by atoms with van der Waals surface area (Å²) in [6, 6.07) is 33.3. The summed E-state index contributed by atoms with van der Waals surface area (Å²) in [5, 5.41) is 21.7. The summed E-state index contributed by atoms with van der Waals surface area (Å²) in [5.74, 6) is -0.431. The second-order valence-corrected chi connectivity index (χ2v) is 9.00. The van der Waals surface area contributed by atoms with E-state index >= 15 is 0 Å². The van der Waals surface area contributed by atoms with E-state index < -0.39 is 9.85 Å². The Morgan fingerprint density at radius 1 is 0.375 bits per heavy atom. The molecule has 0 aromatic heterocycles. The maximum absolute atomic E-state index is 12.7. The molecule has 40 heavy (non-hydrogen) atoms. The normalized spacial score (nSPS) is 10.6. The number of hydrogen-bond acceptors (Lipinski definition) is 6. The lowest BCUT2D eigenvalue weighted by molar-refractivity contribution is -0.385. The van der Waals surface area contributed by atoms with Crippen LogP contribution in [-0.4, -0.2) is 21.4 Å². The van der Waals surface area contributed by atoms with Gasteiger partial charge in [-0.1, -0.05) is 72.8 Å². The molecule has 0 amide bonds. The highest BCUT2D eigenvalue weighted by Gasteiger charge is 2.13. The van der Waals surface area contributed by atoms with E-state index in [9.17, 15) is 29.8 Å². The zero-order valence-electron chi connectivity index (χ0n) is 20.9. The Hall–Kier alpha value is -5.76. The molecule has 0 spiro atoms. The molecule has 0 N–H and O–H groups in total. The van der Waals surface area contributed by atoms with Gasteiger partial charge < -0.3 is 0 Å². The van der Waals surface area contributed by atoms with E-state index in [0.29, 0.717) is 22.3 Å². The quantitative estimate of drug-likeness (QED) is 0.118. The topological polar surface area (TPSA) is 120 Å². The lowest BCUT2D eigenvalue weighted by Crippen LogP contribution is -2.01. The molecule has 5 aromatic carbocycles. The molecule has 0 atom stereocenters. The summed E-state index contributed by atoms with van der Waals surface area (Å²) < 4.78 is 0. The highest BCUT2D eigenvalue weighted by Crippen LogP contribution is 2.27. The zero-order chi connectivity index (χ0) is 28.2. The minimum Gasteiger partial charge on any atom is -0.289 e. The average molecular weight is 529 g/mol. The average Bonchev–Trinajstić information content (AvgIpc) is 3.00. The number of rotatable bonds is 8. The summed E-state index contributed by atoms with van der Waals surface area (Å²) in [6.07, 6.45) is 0. The minimum absolute atomic E-state index is 0.0676. The van der Waals surface area contributed by atoms with Gasteiger partial charge in [0.2, 0.25) is 0 Å². The Labute approximate surface area is 228 Å². The molecule has 0 aliphatic carbocycles. The fraction of sp³-hybridized carbons (Fsp3) is 0.